The Morgan fingerprint density at radius 1 is 0.458 bits per heavy atom. The van der Waals surface area contributed by atoms with E-state index in [0.29, 0.717) is 158 Å². The number of benzene rings is 2. The largest absolute Gasteiger partial charge is 0.460 e. The summed E-state index contributed by atoms with van der Waals surface area (Å²) in [6.07, 6.45) is -4.48. The highest BCUT2D eigenvalue weighted by Gasteiger charge is 2.30. The first-order valence-corrected chi connectivity index (χ1v) is 20.7. The highest BCUT2D eigenvalue weighted by Crippen LogP contribution is 2.32. The summed E-state index contributed by atoms with van der Waals surface area (Å²) in [5.74, 6) is -0.631. The molecule has 2 rings (SSSR count). The first kappa shape index (κ1) is 52.6. The molecule has 0 aliphatic rings. The zero-order valence-electron chi connectivity index (χ0n) is 33.7. The number of ether oxygens (including phenoxy) is 13. The maximum atomic E-state index is 13.1. The molecule has 0 unspecified atom stereocenters. The SMILES string of the molecule is O=C(OCCOCCOCCOCCOCCOCCOCCOCCOCCOCCOCCOCCOCCBr)c1ccccc1Nc1cccc(C(F)(F)F)c1. The lowest BCUT2D eigenvalue weighted by Crippen LogP contribution is -2.16. The fourth-order valence-electron chi connectivity index (χ4n) is 4.55. The van der Waals surface area contributed by atoms with Crippen LogP contribution in [0.15, 0.2) is 48.5 Å². The van der Waals surface area contributed by atoms with Gasteiger partial charge in [-0.3, -0.25) is 0 Å². The number of para-hydroxylation sites is 1. The summed E-state index contributed by atoms with van der Waals surface area (Å²) in [7, 11) is 0. The van der Waals surface area contributed by atoms with Gasteiger partial charge in [0.25, 0.3) is 0 Å². The molecule has 15 nitrogen and oxygen atoms in total. The molecule has 2 aromatic rings. The molecule has 0 saturated carbocycles. The number of nitrogens with one attached hydrogen (secondary N) is 1. The summed E-state index contributed by atoms with van der Waals surface area (Å²) in [5.41, 5.74) is -0.0976. The molecule has 19 heteroatoms. The third-order valence-corrected chi connectivity index (χ3v) is 7.71. The predicted molar refractivity (Wildman–Crippen MR) is 215 cm³/mol. The number of hydrogen-bond acceptors (Lipinski definition) is 15. The average molecular weight is 917 g/mol. The molecule has 0 fully saturated rings. The molecule has 0 aliphatic carbocycles. The molecular formula is C40H61BrF3NO14. The first-order chi connectivity index (χ1) is 28.9. The fourth-order valence-corrected chi connectivity index (χ4v) is 4.77. The van der Waals surface area contributed by atoms with Crippen molar-refractivity contribution in [3.63, 3.8) is 0 Å². The minimum absolute atomic E-state index is 0.00462. The number of esters is 1. The number of anilines is 2. The van der Waals surface area contributed by atoms with Gasteiger partial charge in [-0.05, 0) is 30.3 Å². The summed E-state index contributed by atoms with van der Waals surface area (Å²) in [6, 6.07) is 11.1. The first-order valence-electron chi connectivity index (χ1n) is 19.6. The second-order valence-electron chi connectivity index (χ2n) is 11.9. The third-order valence-electron chi connectivity index (χ3n) is 7.39. The molecule has 0 radical (unpaired) electrons. The van der Waals surface area contributed by atoms with Gasteiger partial charge < -0.3 is 66.9 Å². The van der Waals surface area contributed by atoms with Crippen LogP contribution in [-0.2, 0) is 67.8 Å². The molecule has 0 heterocycles. The lowest BCUT2D eigenvalue weighted by Gasteiger charge is -2.13. The number of carbonyl (C=O) groups is 1. The van der Waals surface area contributed by atoms with Gasteiger partial charge >= 0.3 is 12.1 Å². The maximum absolute atomic E-state index is 13.1. The highest BCUT2D eigenvalue weighted by atomic mass is 79.9. The van der Waals surface area contributed by atoms with Crippen LogP contribution in [0.25, 0.3) is 0 Å². The molecule has 338 valence electrons. The number of alkyl halides is 4. The topological polar surface area (TPSA) is 149 Å². The van der Waals surface area contributed by atoms with Crippen LogP contribution < -0.4 is 5.32 Å². The van der Waals surface area contributed by atoms with Crippen LogP contribution in [0.2, 0.25) is 0 Å². The van der Waals surface area contributed by atoms with Crippen LogP contribution in [0.4, 0.5) is 24.5 Å². The van der Waals surface area contributed by atoms with Crippen molar-refractivity contribution in [2.24, 2.45) is 0 Å². The summed E-state index contributed by atoms with van der Waals surface area (Å²) in [4.78, 5) is 12.6. The van der Waals surface area contributed by atoms with Crippen LogP contribution in [0, 0.1) is 0 Å². The van der Waals surface area contributed by atoms with Gasteiger partial charge in [0.15, 0.2) is 0 Å². The van der Waals surface area contributed by atoms with Gasteiger partial charge in [-0.15, -0.1) is 0 Å². The van der Waals surface area contributed by atoms with Crippen molar-refractivity contribution < 1.29 is 79.5 Å². The van der Waals surface area contributed by atoms with Gasteiger partial charge in [-0.25, -0.2) is 4.79 Å². The van der Waals surface area contributed by atoms with Gasteiger partial charge in [0.2, 0.25) is 0 Å². The van der Waals surface area contributed by atoms with E-state index in [1.54, 1.807) is 18.2 Å². The Bertz CT molecular complexity index is 1290. The molecule has 59 heavy (non-hydrogen) atoms. The van der Waals surface area contributed by atoms with Gasteiger partial charge in [-0.2, -0.15) is 13.2 Å². The second kappa shape index (κ2) is 37.3. The molecule has 0 spiro atoms. The summed E-state index contributed by atoms with van der Waals surface area (Å²) < 4.78 is 110. The van der Waals surface area contributed by atoms with E-state index < -0.39 is 17.7 Å². The Balaban J connectivity index is 1.25. The zero-order valence-corrected chi connectivity index (χ0v) is 35.3. The maximum Gasteiger partial charge on any atom is 0.416 e. The minimum atomic E-state index is -4.48. The normalized spacial score (nSPS) is 11.7. The Kier molecular flexibility index (Phi) is 33.3. The van der Waals surface area contributed by atoms with E-state index >= 15 is 0 Å². The van der Waals surface area contributed by atoms with E-state index in [4.69, 9.17) is 61.6 Å². The Hall–Kier alpha value is -2.50. The number of rotatable bonds is 41. The van der Waals surface area contributed by atoms with Crippen LogP contribution >= 0.6 is 15.9 Å². The Labute approximate surface area is 353 Å². The van der Waals surface area contributed by atoms with Gasteiger partial charge in [0.1, 0.15) is 6.61 Å². The minimum Gasteiger partial charge on any atom is -0.460 e. The molecular weight excluding hydrogens is 855 g/mol. The molecule has 0 saturated heterocycles. The molecule has 2 aromatic carbocycles. The van der Waals surface area contributed by atoms with Gasteiger partial charge in [0.05, 0.1) is 175 Å². The summed E-state index contributed by atoms with van der Waals surface area (Å²) in [5, 5.41) is 3.68. The van der Waals surface area contributed by atoms with Gasteiger partial charge in [-0.1, -0.05) is 34.1 Å². The van der Waals surface area contributed by atoms with E-state index in [9.17, 15) is 18.0 Å². The van der Waals surface area contributed by atoms with E-state index in [1.807, 2.05) is 0 Å². The van der Waals surface area contributed by atoms with Crippen LogP contribution in [0.3, 0.4) is 0 Å². The average Bonchev–Trinajstić information content (AvgIpc) is 3.23. The van der Waals surface area contributed by atoms with Crippen molar-refractivity contribution in [2.75, 3.05) is 176 Å². The monoisotopic (exact) mass is 915 g/mol. The van der Waals surface area contributed by atoms with E-state index in [-0.39, 0.29) is 24.5 Å². The van der Waals surface area contributed by atoms with Crippen molar-refractivity contribution >= 4 is 33.3 Å². The molecule has 1 N–H and O–H groups in total. The number of hydrogen-bond donors (Lipinski definition) is 1. The number of carbonyl (C=O) groups excluding carboxylic acids is 1. The summed E-state index contributed by atoms with van der Waals surface area (Å²) in [6.45, 7) is 11.1. The van der Waals surface area contributed by atoms with Crippen molar-refractivity contribution in [1.82, 2.24) is 0 Å². The third kappa shape index (κ3) is 30.2. The standard InChI is InChI=1S/C40H61BrF3NO14/c41-8-9-47-10-11-48-12-13-49-14-15-50-16-17-51-18-19-52-20-21-53-22-23-54-24-25-55-26-27-56-28-29-57-30-31-58-32-33-59-39(46)37-6-1-2-7-38(37)45-36-5-3-4-35(34-36)40(42,43)44/h1-7,34,45H,8-33H2. The van der Waals surface area contributed by atoms with E-state index in [0.717, 1.165) is 17.5 Å². The second-order valence-corrected chi connectivity index (χ2v) is 12.7. The Morgan fingerprint density at radius 2 is 0.797 bits per heavy atom. The highest BCUT2D eigenvalue weighted by molar-refractivity contribution is 9.09. The quantitative estimate of drug-likeness (QED) is 0.0529. The van der Waals surface area contributed by atoms with E-state index in [1.165, 1.54) is 18.2 Å². The van der Waals surface area contributed by atoms with Crippen LogP contribution in [0.1, 0.15) is 15.9 Å². The molecule has 0 amide bonds. The Morgan fingerprint density at radius 3 is 1.15 bits per heavy atom. The van der Waals surface area contributed by atoms with Gasteiger partial charge in [0, 0.05) is 11.0 Å². The van der Waals surface area contributed by atoms with Crippen LogP contribution in [-0.4, -0.2) is 176 Å². The zero-order chi connectivity index (χ0) is 42.3. The van der Waals surface area contributed by atoms with Crippen LogP contribution in [0.5, 0.6) is 0 Å². The lowest BCUT2D eigenvalue weighted by atomic mass is 10.1. The van der Waals surface area contributed by atoms with Crippen molar-refractivity contribution in [3.8, 4) is 0 Å². The summed E-state index contributed by atoms with van der Waals surface area (Å²) >= 11 is 3.30. The number of halogens is 4. The van der Waals surface area contributed by atoms with Crippen molar-refractivity contribution in [1.29, 1.82) is 0 Å². The molecule has 0 aromatic heterocycles. The smallest absolute Gasteiger partial charge is 0.416 e. The van der Waals surface area contributed by atoms with Crippen molar-refractivity contribution in [2.45, 2.75) is 6.18 Å². The van der Waals surface area contributed by atoms with Crippen molar-refractivity contribution in [3.05, 3.63) is 59.7 Å². The van der Waals surface area contributed by atoms with E-state index in [2.05, 4.69) is 21.2 Å². The lowest BCUT2D eigenvalue weighted by molar-refractivity contribution is -0.137. The molecule has 0 aliphatic heterocycles. The molecule has 0 bridgehead atoms. The predicted octanol–water partition coefficient (Wildman–Crippen LogP) is 5.20. The molecule has 0 atom stereocenters. The fraction of sp³-hybridized carbons (Fsp3) is 0.675.